The number of nitrogens with zero attached hydrogens (tertiary/aromatic N) is 1. The van der Waals surface area contributed by atoms with Gasteiger partial charge >= 0.3 is 0 Å². The molecule has 0 aromatic carbocycles. The summed E-state index contributed by atoms with van der Waals surface area (Å²) in [6.45, 7) is 4.70. The van der Waals surface area contributed by atoms with Gasteiger partial charge in [-0.1, -0.05) is 0 Å². The quantitative estimate of drug-likeness (QED) is 0.687. The van der Waals surface area contributed by atoms with Crippen LogP contribution in [0, 0.1) is 0 Å². The number of halogens is 1. The van der Waals surface area contributed by atoms with Crippen LogP contribution >= 0.6 is 11.6 Å². The van der Waals surface area contributed by atoms with Crippen LogP contribution in [0.15, 0.2) is 0 Å². The number of morpholine rings is 1. The van der Waals surface area contributed by atoms with E-state index in [0.717, 1.165) is 39.3 Å². The first-order valence-corrected chi connectivity index (χ1v) is 6.43. The molecule has 2 saturated heterocycles. The molecule has 0 spiro atoms. The maximum absolute atomic E-state index is 5.92. The van der Waals surface area contributed by atoms with Crippen LogP contribution < -0.4 is 0 Å². The molecule has 0 saturated carbocycles. The van der Waals surface area contributed by atoms with Gasteiger partial charge in [-0.05, 0) is 19.3 Å². The van der Waals surface area contributed by atoms with Crippen molar-refractivity contribution in [1.29, 1.82) is 0 Å². The van der Waals surface area contributed by atoms with Crippen LogP contribution in [0.1, 0.15) is 19.3 Å². The van der Waals surface area contributed by atoms with Crippen molar-refractivity contribution >= 4 is 11.6 Å². The van der Waals surface area contributed by atoms with Gasteiger partial charge in [0.05, 0.1) is 19.3 Å². The summed E-state index contributed by atoms with van der Waals surface area (Å²) in [6.07, 6.45) is 4.10. The third-order valence-electron chi connectivity index (χ3n) is 3.29. The topological polar surface area (TPSA) is 21.7 Å². The van der Waals surface area contributed by atoms with Crippen molar-refractivity contribution in [3.63, 3.8) is 0 Å². The highest BCUT2D eigenvalue weighted by molar-refractivity contribution is 6.18. The fourth-order valence-electron chi connectivity index (χ4n) is 2.31. The van der Waals surface area contributed by atoms with Gasteiger partial charge in [0, 0.05) is 31.6 Å². The molecule has 0 aromatic rings. The van der Waals surface area contributed by atoms with Crippen molar-refractivity contribution in [1.82, 2.24) is 4.90 Å². The second kappa shape index (κ2) is 6.04. The highest BCUT2D eigenvalue weighted by atomic mass is 35.5. The molecule has 2 heterocycles. The van der Waals surface area contributed by atoms with E-state index in [-0.39, 0.29) is 0 Å². The number of rotatable bonds is 4. The highest BCUT2D eigenvalue weighted by Gasteiger charge is 2.23. The molecule has 0 aliphatic carbocycles. The lowest BCUT2D eigenvalue weighted by Crippen LogP contribution is -2.47. The minimum absolute atomic E-state index is 0.404. The Morgan fingerprint density at radius 2 is 2.27 bits per heavy atom. The van der Waals surface area contributed by atoms with Gasteiger partial charge in [-0.2, -0.15) is 0 Å². The Labute approximate surface area is 96.7 Å². The molecule has 0 bridgehead atoms. The number of hydrogen-bond acceptors (Lipinski definition) is 3. The molecule has 2 aliphatic heterocycles. The number of alkyl halides is 1. The summed E-state index contributed by atoms with van der Waals surface area (Å²) in [5, 5.41) is 0. The standard InChI is InChI=1S/C11H20ClNO2/c12-8-10-9-14-7-5-13(10)4-3-11-2-1-6-15-11/h10-11H,1-9H2. The molecule has 88 valence electrons. The first-order chi connectivity index (χ1) is 7.40. The molecule has 2 unspecified atom stereocenters. The summed E-state index contributed by atoms with van der Waals surface area (Å²) in [6, 6.07) is 0.404. The second-order valence-electron chi connectivity index (χ2n) is 4.34. The average Bonchev–Trinajstić information content (AvgIpc) is 2.79. The lowest BCUT2D eigenvalue weighted by atomic mass is 10.1. The van der Waals surface area contributed by atoms with Gasteiger partial charge in [0.15, 0.2) is 0 Å². The van der Waals surface area contributed by atoms with E-state index in [1.165, 1.54) is 12.8 Å². The van der Waals surface area contributed by atoms with E-state index >= 15 is 0 Å². The van der Waals surface area contributed by atoms with Crippen LogP contribution in [0.3, 0.4) is 0 Å². The van der Waals surface area contributed by atoms with Gasteiger partial charge in [-0.3, -0.25) is 4.90 Å². The Kier molecular flexibility index (Phi) is 4.69. The van der Waals surface area contributed by atoms with Crippen LogP contribution in [0.25, 0.3) is 0 Å². The summed E-state index contributed by atoms with van der Waals surface area (Å²) in [4.78, 5) is 2.44. The maximum atomic E-state index is 5.92. The molecular weight excluding hydrogens is 214 g/mol. The molecule has 2 atom stereocenters. The van der Waals surface area contributed by atoms with Crippen molar-refractivity contribution < 1.29 is 9.47 Å². The summed E-state index contributed by atoms with van der Waals surface area (Å²) in [7, 11) is 0. The van der Waals surface area contributed by atoms with Gasteiger partial charge in [0.2, 0.25) is 0 Å². The van der Waals surface area contributed by atoms with Gasteiger partial charge in [0.1, 0.15) is 0 Å². The van der Waals surface area contributed by atoms with Crippen molar-refractivity contribution in [3.8, 4) is 0 Å². The van der Waals surface area contributed by atoms with E-state index in [1.54, 1.807) is 0 Å². The highest BCUT2D eigenvalue weighted by Crippen LogP contribution is 2.17. The Bertz CT molecular complexity index is 185. The molecular formula is C11H20ClNO2. The number of hydrogen-bond donors (Lipinski definition) is 0. The smallest absolute Gasteiger partial charge is 0.0634 e. The minimum atomic E-state index is 0.404. The molecule has 0 N–H and O–H groups in total. The Balaban J connectivity index is 1.71. The lowest BCUT2D eigenvalue weighted by Gasteiger charge is -2.34. The third-order valence-corrected chi connectivity index (χ3v) is 3.65. The first kappa shape index (κ1) is 11.6. The Morgan fingerprint density at radius 1 is 1.33 bits per heavy atom. The van der Waals surface area contributed by atoms with Gasteiger partial charge in [0.25, 0.3) is 0 Å². The van der Waals surface area contributed by atoms with Crippen molar-refractivity contribution in [3.05, 3.63) is 0 Å². The monoisotopic (exact) mass is 233 g/mol. The fourth-order valence-corrected chi connectivity index (χ4v) is 2.59. The van der Waals surface area contributed by atoms with E-state index in [4.69, 9.17) is 21.1 Å². The average molecular weight is 234 g/mol. The minimum Gasteiger partial charge on any atom is -0.378 e. The number of ether oxygens (including phenoxy) is 2. The first-order valence-electron chi connectivity index (χ1n) is 5.89. The zero-order chi connectivity index (χ0) is 10.5. The fraction of sp³-hybridized carbons (Fsp3) is 1.00. The Morgan fingerprint density at radius 3 is 3.00 bits per heavy atom. The molecule has 2 aliphatic rings. The maximum Gasteiger partial charge on any atom is 0.0634 e. The van der Waals surface area contributed by atoms with E-state index in [9.17, 15) is 0 Å². The van der Waals surface area contributed by atoms with Crippen molar-refractivity contribution in [2.75, 3.05) is 38.8 Å². The summed E-state index contributed by atoms with van der Waals surface area (Å²) < 4.78 is 11.0. The lowest BCUT2D eigenvalue weighted by molar-refractivity contribution is -0.00683. The van der Waals surface area contributed by atoms with Crippen LogP contribution in [-0.4, -0.2) is 55.8 Å². The largest absolute Gasteiger partial charge is 0.378 e. The van der Waals surface area contributed by atoms with Gasteiger partial charge in [-0.25, -0.2) is 0 Å². The normalized spacial score (nSPS) is 33.4. The molecule has 0 amide bonds. The molecule has 4 heteroatoms. The van der Waals surface area contributed by atoms with Crippen LogP contribution in [0.2, 0.25) is 0 Å². The van der Waals surface area contributed by atoms with Crippen molar-refractivity contribution in [2.24, 2.45) is 0 Å². The van der Waals surface area contributed by atoms with Gasteiger partial charge in [-0.15, -0.1) is 11.6 Å². The van der Waals surface area contributed by atoms with Crippen molar-refractivity contribution in [2.45, 2.75) is 31.4 Å². The summed E-state index contributed by atoms with van der Waals surface area (Å²) in [5.41, 5.74) is 0. The predicted molar refractivity (Wildman–Crippen MR) is 60.5 cm³/mol. The summed E-state index contributed by atoms with van der Waals surface area (Å²) in [5.74, 6) is 0.672. The molecule has 0 radical (unpaired) electrons. The van der Waals surface area contributed by atoms with E-state index in [0.29, 0.717) is 18.0 Å². The van der Waals surface area contributed by atoms with E-state index in [2.05, 4.69) is 4.90 Å². The zero-order valence-corrected chi connectivity index (χ0v) is 9.92. The van der Waals surface area contributed by atoms with Crippen LogP contribution in [0.4, 0.5) is 0 Å². The van der Waals surface area contributed by atoms with Crippen LogP contribution in [-0.2, 0) is 9.47 Å². The van der Waals surface area contributed by atoms with Gasteiger partial charge < -0.3 is 9.47 Å². The SMILES string of the molecule is ClCC1COCCN1CCC1CCCO1. The van der Waals surface area contributed by atoms with E-state index in [1.807, 2.05) is 0 Å². The molecule has 15 heavy (non-hydrogen) atoms. The molecule has 0 aromatic heterocycles. The molecule has 3 nitrogen and oxygen atoms in total. The predicted octanol–water partition coefficient (Wildman–Crippen LogP) is 1.50. The Hall–Kier alpha value is 0.170. The zero-order valence-electron chi connectivity index (χ0n) is 9.16. The third kappa shape index (κ3) is 3.31. The molecule has 2 rings (SSSR count). The second-order valence-corrected chi connectivity index (χ2v) is 4.65. The van der Waals surface area contributed by atoms with E-state index < -0.39 is 0 Å². The molecule has 2 fully saturated rings. The summed E-state index contributed by atoms with van der Waals surface area (Å²) >= 11 is 5.92. The van der Waals surface area contributed by atoms with Crippen LogP contribution in [0.5, 0.6) is 0 Å².